The van der Waals surface area contributed by atoms with Crippen molar-refractivity contribution in [3.8, 4) is 0 Å². The summed E-state index contributed by atoms with van der Waals surface area (Å²) in [5.74, 6) is 0.488. The Hall–Kier alpha value is -1.37. The fourth-order valence-corrected chi connectivity index (χ4v) is 3.33. The van der Waals surface area contributed by atoms with Gasteiger partial charge >= 0.3 is 0 Å². The number of aryl methyl sites for hydroxylation is 1. The number of hydrogen-bond acceptors (Lipinski definition) is 2. The maximum absolute atomic E-state index is 12.5. The Morgan fingerprint density at radius 2 is 1.83 bits per heavy atom. The maximum Gasteiger partial charge on any atom is 0.271 e. The summed E-state index contributed by atoms with van der Waals surface area (Å²) in [5.41, 5.74) is 3.10. The van der Waals surface area contributed by atoms with E-state index >= 15 is 0 Å². The molecule has 0 aliphatic heterocycles. The zero-order valence-corrected chi connectivity index (χ0v) is 16.3. The molecular weight excluding hydrogens is 401 g/mol. The lowest BCUT2D eigenvalue weighted by Gasteiger charge is -2.19. The van der Waals surface area contributed by atoms with Crippen LogP contribution in [-0.2, 0) is 7.05 Å². The van der Waals surface area contributed by atoms with Crippen LogP contribution in [0.5, 0.6) is 0 Å². The minimum absolute atomic E-state index is 0.0131. The van der Waals surface area contributed by atoms with Crippen molar-refractivity contribution in [3.05, 3.63) is 50.9 Å². The van der Waals surface area contributed by atoms with E-state index in [-0.39, 0.29) is 11.9 Å². The molecule has 0 spiro atoms. The van der Waals surface area contributed by atoms with Crippen molar-refractivity contribution in [3.63, 3.8) is 0 Å². The summed E-state index contributed by atoms with van der Waals surface area (Å²) in [5, 5.41) is 7.26. The largest absolute Gasteiger partial charge is 0.344 e. The Kier molecular flexibility index (Phi) is 6.21. The molecule has 5 heteroatoms. The van der Waals surface area contributed by atoms with Gasteiger partial charge in [-0.1, -0.05) is 45.0 Å². The van der Waals surface area contributed by atoms with E-state index in [1.54, 1.807) is 17.9 Å². The zero-order chi connectivity index (χ0) is 17.0. The molecule has 4 nitrogen and oxygen atoms in total. The predicted octanol–water partition coefficient (Wildman–Crippen LogP) is 4.42. The van der Waals surface area contributed by atoms with Crippen LogP contribution in [0.4, 0.5) is 0 Å². The van der Waals surface area contributed by atoms with Crippen LogP contribution in [0.2, 0.25) is 0 Å². The third kappa shape index (κ3) is 4.13. The van der Waals surface area contributed by atoms with Gasteiger partial charge in [0.1, 0.15) is 5.69 Å². The lowest BCUT2D eigenvalue weighted by molar-refractivity contribution is 0.0925. The molecule has 0 fully saturated rings. The van der Waals surface area contributed by atoms with E-state index in [9.17, 15) is 4.79 Å². The molecule has 0 aliphatic rings. The highest BCUT2D eigenvalue weighted by Crippen LogP contribution is 2.23. The van der Waals surface area contributed by atoms with Crippen LogP contribution >= 0.6 is 22.6 Å². The topological polar surface area (TPSA) is 46.9 Å². The Bertz CT molecular complexity index is 644. The Morgan fingerprint density at radius 3 is 2.30 bits per heavy atom. The molecule has 0 aliphatic carbocycles. The first-order valence-electron chi connectivity index (χ1n) is 8.06. The number of nitrogens with one attached hydrogen (secondary N) is 1. The van der Waals surface area contributed by atoms with Gasteiger partial charge in [0.25, 0.3) is 5.91 Å². The van der Waals surface area contributed by atoms with Crippen molar-refractivity contribution >= 4 is 28.5 Å². The second-order valence-electron chi connectivity index (χ2n) is 5.87. The highest BCUT2D eigenvalue weighted by Gasteiger charge is 2.19. The van der Waals surface area contributed by atoms with Crippen LogP contribution < -0.4 is 5.32 Å². The van der Waals surface area contributed by atoms with E-state index in [2.05, 4.69) is 78.0 Å². The molecule has 2 atom stereocenters. The van der Waals surface area contributed by atoms with Gasteiger partial charge < -0.3 is 5.32 Å². The first kappa shape index (κ1) is 18.0. The molecule has 1 amide bonds. The number of nitrogens with zero attached hydrogens (tertiary/aromatic N) is 2. The first-order valence-corrected chi connectivity index (χ1v) is 9.14. The lowest BCUT2D eigenvalue weighted by Crippen LogP contribution is -2.30. The molecule has 0 bridgehead atoms. The van der Waals surface area contributed by atoms with E-state index < -0.39 is 0 Å². The number of hydrogen-bond donors (Lipinski definition) is 1. The van der Waals surface area contributed by atoms with Gasteiger partial charge in [0.2, 0.25) is 0 Å². The van der Waals surface area contributed by atoms with Gasteiger partial charge in [-0.3, -0.25) is 9.48 Å². The molecule has 1 aromatic heterocycles. The molecule has 2 rings (SSSR count). The highest BCUT2D eigenvalue weighted by molar-refractivity contribution is 14.1. The molecule has 124 valence electrons. The molecule has 0 saturated heterocycles. The van der Waals surface area contributed by atoms with Crippen LogP contribution in [0.3, 0.4) is 0 Å². The molecular formula is C18H24IN3O. The molecule has 1 heterocycles. The molecule has 23 heavy (non-hydrogen) atoms. The minimum atomic E-state index is -0.0766. The summed E-state index contributed by atoms with van der Waals surface area (Å²) in [6.45, 7) is 6.52. The number of carbonyl (C=O) groups is 1. The Morgan fingerprint density at radius 1 is 1.22 bits per heavy atom. The third-order valence-corrected chi connectivity index (χ3v) is 5.13. The van der Waals surface area contributed by atoms with Gasteiger partial charge in [-0.05, 0) is 52.5 Å². The number of benzene rings is 1. The number of aromatic nitrogens is 2. The van der Waals surface area contributed by atoms with E-state index in [0.717, 1.165) is 22.0 Å². The van der Waals surface area contributed by atoms with E-state index in [0.29, 0.717) is 11.6 Å². The molecule has 2 unspecified atom stereocenters. The van der Waals surface area contributed by atoms with Crippen LogP contribution in [-0.4, -0.2) is 15.7 Å². The van der Waals surface area contributed by atoms with Gasteiger partial charge in [-0.2, -0.15) is 5.10 Å². The molecule has 1 N–H and O–H groups in total. The van der Waals surface area contributed by atoms with E-state index in [1.807, 2.05) is 0 Å². The van der Waals surface area contributed by atoms with Crippen molar-refractivity contribution in [2.45, 2.75) is 45.6 Å². The van der Waals surface area contributed by atoms with Gasteiger partial charge in [-0.25, -0.2) is 0 Å². The average Bonchev–Trinajstić information content (AvgIpc) is 2.90. The van der Waals surface area contributed by atoms with Crippen molar-refractivity contribution in [1.29, 1.82) is 0 Å². The van der Waals surface area contributed by atoms with Gasteiger partial charge in [0, 0.05) is 7.05 Å². The lowest BCUT2D eigenvalue weighted by atomic mass is 9.95. The number of rotatable bonds is 6. The van der Waals surface area contributed by atoms with E-state index in [1.165, 1.54) is 5.56 Å². The Labute approximate surface area is 151 Å². The molecule has 2 aromatic rings. The summed E-state index contributed by atoms with van der Waals surface area (Å²) < 4.78 is 2.49. The van der Waals surface area contributed by atoms with Crippen molar-refractivity contribution in [2.24, 2.45) is 7.05 Å². The van der Waals surface area contributed by atoms with Crippen molar-refractivity contribution in [1.82, 2.24) is 15.1 Å². The third-order valence-electron chi connectivity index (χ3n) is 4.34. The normalized spacial score (nSPS) is 13.6. The fraction of sp³-hybridized carbons (Fsp3) is 0.444. The predicted molar refractivity (Wildman–Crippen MR) is 102 cm³/mol. The van der Waals surface area contributed by atoms with Gasteiger partial charge in [-0.15, -0.1) is 0 Å². The molecule has 1 aromatic carbocycles. The van der Waals surface area contributed by atoms with Crippen LogP contribution in [0, 0.1) is 3.57 Å². The minimum Gasteiger partial charge on any atom is -0.344 e. The SMILES string of the molecule is CCC(C)c1ccc(C(CC)NC(=O)c2c(I)cnn2C)cc1. The zero-order valence-electron chi connectivity index (χ0n) is 14.1. The van der Waals surface area contributed by atoms with Crippen LogP contribution in [0.15, 0.2) is 30.5 Å². The number of carbonyl (C=O) groups excluding carboxylic acids is 1. The monoisotopic (exact) mass is 425 g/mol. The Balaban J connectivity index is 2.15. The van der Waals surface area contributed by atoms with Crippen molar-refractivity contribution < 1.29 is 4.79 Å². The summed E-state index contributed by atoms with van der Waals surface area (Å²) >= 11 is 2.14. The number of amides is 1. The second-order valence-corrected chi connectivity index (χ2v) is 7.04. The standard InChI is InChI=1S/C18H24IN3O/c1-5-12(3)13-7-9-14(10-8-13)16(6-2)21-18(23)17-15(19)11-20-22(17)4/h7-12,16H,5-6H2,1-4H3,(H,21,23). The molecule has 0 saturated carbocycles. The average molecular weight is 425 g/mol. The first-order chi connectivity index (χ1) is 11.0. The summed E-state index contributed by atoms with van der Waals surface area (Å²) in [4.78, 5) is 12.5. The number of halogens is 1. The van der Waals surface area contributed by atoms with E-state index in [4.69, 9.17) is 0 Å². The second kappa shape index (κ2) is 7.95. The van der Waals surface area contributed by atoms with Gasteiger partial charge in [0.05, 0.1) is 15.8 Å². The fourth-order valence-electron chi connectivity index (χ4n) is 2.61. The van der Waals surface area contributed by atoms with Gasteiger partial charge in [0.15, 0.2) is 0 Å². The molecule has 0 radical (unpaired) electrons. The van der Waals surface area contributed by atoms with Crippen molar-refractivity contribution in [2.75, 3.05) is 0 Å². The summed E-state index contributed by atoms with van der Waals surface area (Å²) in [6, 6.07) is 8.62. The summed E-state index contributed by atoms with van der Waals surface area (Å²) in [6.07, 6.45) is 3.69. The maximum atomic E-state index is 12.5. The smallest absolute Gasteiger partial charge is 0.271 e. The summed E-state index contributed by atoms with van der Waals surface area (Å²) in [7, 11) is 1.79. The van der Waals surface area contributed by atoms with Crippen LogP contribution in [0.1, 0.15) is 67.2 Å². The van der Waals surface area contributed by atoms with Crippen LogP contribution in [0.25, 0.3) is 0 Å². The highest BCUT2D eigenvalue weighted by atomic mass is 127. The quantitative estimate of drug-likeness (QED) is 0.697.